The maximum absolute atomic E-state index is 13.0. The molecule has 9 heteroatoms. The number of hydrogen-bond donors (Lipinski definition) is 2. The van der Waals surface area contributed by atoms with Crippen molar-refractivity contribution in [3.8, 4) is 0 Å². The molecule has 0 spiro atoms. The van der Waals surface area contributed by atoms with Crippen LogP contribution in [0.2, 0.25) is 0 Å². The van der Waals surface area contributed by atoms with Gasteiger partial charge in [0.2, 0.25) is 0 Å². The average molecular weight is 423 g/mol. The Bertz CT molecular complexity index is 889. The molecule has 162 valence electrons. The van der Waals surface area contributed by atoms with Crippen LogP contribution in [0, 0.1) is 0 Å². The number of urea groups is 1. The van der Waals surface area contributed by atoms with Crippen LogP contribution in [-0.2, 0) is 13.0 Å². The van der Waals surface area contributed by atoms with E-state index in [0.29, 0.717) is 43.5 Å². The van der Waals surface area contributed by atoms with Gasteiger partial charge in [-0.2, -0.15) is 13.2 Å². The van der Waals surface area contributed by atoms with Crippen molar-refractivity contribution in [2.24, 2.45) is 0 Å². The highest BCUT2D eigenvalue weighted by Gasteiger charge is 2.31. The standard InChI is InChI=1S/C21H24F3N3O3/c1-3-4-7-17(21(22,23)24)9-8-14(2)25-20(30)27-10-5-6-15-11-16(12-28)18(13-29)26-19(15)27/h4,7-9,11,13,28H,3,5-6,10,12H2,1-2H3,(H,25,30)/b7-4+,14-8+,17-9+. The molecular weight excluding hydrogens is 399 g/mol. The molecule has 0 saturated carbocycles. The van der Waals surface area contributed by atoms with Crippen LogP contribution in [0.5, 0.6) is 0 Å². The third-order valence-electron chi connectivity index (χ3n) is 4.48. The third kappa shape index (κ3) is 5.79. The van der Waals surface area contributed by atoms with Crippen LogP contribution in [0.15, 0.2) is 41.6 Å². The zero-order valence-electron chi connectivity index (χ0n) is 16.8. The summed E-state index contributed by atoms with van der Waals surface area (Å²) in [5.41, 5.74) is 0.545. The lowest BCUT2D eigenvalue weighted by molar-refractivity contribution is -0.0882. The van der Waals surface area contributed by atoms with Gasteiger partial charge in [0.1, 0.15) is 11.5 Å². The maximum atomic E-state index is 13.0. The van der Waals surface area contributed by atoms with Gasteiger partial charge in [-0.25, -0.2) is 9.78 Å². The highest BCUT2D eigenvalue weighted by atomic mass is 19.4. The molecule has 0 radical (unpaired) electrons. The van der Waals surface area contributed by atoms with Crippen LogP contribution < -0.4 is 10.2 Å². The number of rotatable bonds is 6. The second kappa shape index (κ2) is 10.2. The van der Waals surface area contributed by atoms with Gasteiger partial charge in [-0.05, 0) is 50.0 Å². The Balaban J connectivity index is 2.24. The zero-order valence-corrected chi connectivity index (χ0v) is 16.8. The number of carbonyl (C=O) groups excluding carboxylic acids is 2. The second-order valence-corrected chi connectivity index (χ2v) is 6.76. The Labute approximate surface area is 172 Å². The van der Waals surface area contributed by atoms with E-state index in [1.54, 1.807) is 13.0 Å². The molecule has 0 bridgehead atoms. The van der Waals surface area contributed by atoms with Crippen LogP contribution in [0.4, 0.5) is 23.8 Å². The van der Waals surface area contributed by atoms with Gasteiger partial charge < -0.3 is 10.4 Å². The van der Waals surface area contributed by atoms with Crippen molar-refractivity contribution in [2.75, 3.05) is 11.4 Å². The first-order valence-electron chi connectivity index (χ1n) is 9.50. The molecule has 0 saturated heterocycles. The Morgan fingerprint density at radius 2 is 2.10 bits per heavy atom. The molecule has 1 aromatic rings. The van der Waals surface area contributed by atoms with Crippen LogP contribution in [0.3, 0.4) is 0 Å². The second-order valence-electron chi connectivity index (χ2n) is 6.76. The molecule has 6 nitrogen and oxygen atoms in total. The lowest BCUT2D eigenvalue weighted by Gasteiger charge is -2.29. The average Bonchev–Trinajstić information content (AvgIpc) is 2.71. The summed E-state index contributed by atoms with van der Waals surface area (Å²) in [6.45, 7) is 3.22. The van der Waals surface area contributed by atoms with E-state index in [2.05, 4.69) is 10.3 Å². The molecular formula is C21H24F3N3O3. The lowest BCUT2D eigenvalue weighted by Crippen LogP contribution is -2.43. The van der Waals surface area contributed by atoms with Crippen molar-refractivity contribution >= 4 is 18.1 Å². The van der Waals surface area contributed by atoms with Crippen LogP contribution in [-0.4, -0.2) is 35.1 Å². The van der Waals surface area contributed by atoms with E-state index in [4.69, 9.17) is 0 Å². The molecule has 1 aliphatic heterocycles. The number of halogens is 3. The Morgan fingerprint density at radius 1 is 1.37 bits per heavy atom. The molecule has 2 heterocycles. The van der Waals surface area contributed by atoms with E-state index >= 15 is 0 Å². The summed E-state index contributed by atoms with van der Waals surface area (Å²) in [6, 6.07) is 1.09. The Kier molecular flexibility index (Phi) is 7.93. The predicted molar refractivity (Wildman–Crippen MR) is 107 cm³/mol. The Hall–Kier alpha value is -2.94. The van der Waals surface area contributed by atoms with Gasteiger partial charge in [0.05, 0.1) is 12.2 Å². The minimum atomic E-state index is -4.50. The normalized spacial score (nSPS) is 15.3. The van der Waals surface area contributed by atoms with Gasteiger partial charge in [0, 0.05) is 17.8 Å². The number of aliphatic hydroxyl groups excluding tert-OH is 1. The SMILES string of the molecule is CC/C=C/C(=C\C=C(/C)NC(=O)N1CCCc2cc(CO)c(C=O)nc21)C(F)(F)F. The molecule has 0 unspecified atom stereocenters. The molecule has 2 N–H and O–H groups in total. The first-order chi connectivity index (χ1) is 14.2. The van der Waals surface area contributed by atoms with Crippen molar-refractivity contribution in [3.05, 3.63) is 58.5 Å². The minimum Gasteiger partial charge on any atom is -0.392 e. The molecule has 1 aromatic heterocycles. The molecule has 0 atom stereocenters. The third-order valence-corrected chi connectivity index (χ3v) is 4.48. The molecule has 0 aromatic carbocycles. The fourth-order valence-corrected chi connectivity index (χ4v) is 2.97. The summed E-state index contributed by atoms with van der Waals surface area (Å²) >= 11 is 0. The van der Waals surface area contributed by atoms with Crippen LogP contribution >= 0.6 is 0 Å². The minimum absolute atomic E-state index is 0.0451. The molecule has 30 heavy (non-hydrogen) atoms. The topological polar surface area (TPSA) is 82.5 Å². The zero-order chi connectivity index (χ0) is 22.3. The van der Waals surface area contributed by atoms with Crippen molar-refractivity contribution in [2.45, 2.75) is 45.9 Å². The van der Waals surface area contributed by atoms with E-state index < -0.39 is 17.8 Å². The van der Waals surface area contributed by atoms with Crippen molar-refractivity contribution < 1.29 is 27.9 Å². The number of carbonyl (C=O) groups is 2. The summed E-state index contributed by atoms with van der Waals surface area (Å²) in [5.74, 6) is 0.309. The number of fused-ring (bicyclic) bond motifs is 1. The first-order valence-corrected chi connectivity index (χ1v) is 9.50. The van der Waals surface area contributed by atoms with Crippen LogP contribution in [0.1, 0.15) is 48.3 Å². The molecule has 0 aliphatic carbocycles. The molecule has 2 amide bonds. The number of amides is 2. The largest absolute Gasteiger partial charge is 0.416 e. The molecule has 0 fully saturated rings. The number of anilines is 1. The number of hydrogen-bond acceptors (Lipinski definition) is 4. The highest BCUT2D eigenvalue weighted by Crippen LogP contribution is 2.28. The number of aryl methyl sites for hydroxylation is 1. The smallest absolute Gasteiger partial charge is 0.392 e. The summed E-state index contributed by atoms with van der Waals surface area (Å²) in [5, 5.41) is 11.9. The molecule has 1 aliphatic rings. The van der Waals surface area contributed by atoms with E-state index in [0.717, 1.165) is 17.7 Å². The number of pyridine rings is 1. The van der Waals surface area contributed by atoms with Gasteiger partial charge in [-0.15, -0.1) is 0 Å². The quantitative estimate of drug-likeness (QED) is 0.531. The van der Waals surface area contributed by atoms with Crippen molar-refractivity contribution in [3.63, 3.8) is 0 Å². The monoisotopic (exact) mass is 423 g/mol. The fourth-order valence-electron chi connectivity index (χ4n) is 2.97. The fraction of sp³-hybridized carbons (Fsp3) is 0.381. The van der Waals surface area contributed by atoms with E-state index in [9.17, 15) is 27.9 Å². The van der Waals surface area contributed by atoms with Gasteiger partial charge in [0.15, 0.2) is 6.29 Å². The summed E-state index contributed by atoms with van der Waals surface area (Å²) in [6.07, 6.45) is 2.25. The molecule has 2 rings (SSSR count). The first kappa shape index (κ1) is 23.3. The highest BCUT2D eigenvalue weighted by molar-refractivity contribution is 5.93. The number of alkyl halides is 3. The lowest BCUT2D eigenvalue weighted by atomic mass is 10.0. The van der Waals surface area contributed by atoms with E-state index in [1.807, 2.05) is 0 Å². The van der Waals surface area contributed by atoms with E-state index in [-0.39, 0.29) is 18.0 Å². The van der Waals surface area contributed by atoms with Gasteiger partial charge in [-0.3, -0.25) is 9.69 Å². The van der Waals surface area contributed by atoms with E-state index in [1.165, 1.54) is 24.0 Å². The summed E-state index contributed by atoms with van der Waals surface area (Å²) < 4.78 is 39.1. The number of aliphatic hydroxyl groups is 1. The maximum Gasteiger partial charge on any atom is 0.416 e. The van der Waals surface area contributed by atoms with Crippen molar-refractivity contribution in [1.82, 2.24) is 10.3 Å². The number of nitrogens with one attached hydrogen (secondary N) is 1. The number of aromatic nitrogens is 1. The number of aldehydes is 1. The number of allylic oxidation sites excluding steroid dienone is 6. The number of nitrogens with zero attached hydrogens (tertiary/aromatic N) is 2. The van der Waals surface area contributed by atoms with Gasteiger partial charge in [-0.1, -0.05) is 19.1 Å². The van der Waals surface area contributed by atoms with Gasteiger partial charge in [0.25, 0.3) is 0 Å². The Morgan fingerprint density at radius 3 is 2.70 bits per heavy atom. The summed E-state index contributed by atoms with van der Waals surface area (Å²) in [4.78, 5) is 29.4. The van der Waals surface area contributed by atoms with Gasteiger partial charge >= 0.3 is 12.2 Å². The predicted octanol–water partition coefficient (Wildman–Crippen LogP) is 4.21. The van der Waals surface area contributed by atoms with Crippen molar-refractivity contribution in [1.29, 1.82) is 0 Å². The summed E-state index contributed by atoms with van der Waals surface area (Å²) in [7, 11) is 0. The van der Waals surface area contributed by atoms with Crippen LogP contribution in [0.25, 0.3) is 0 Å².